The molecule has 0 amide bonds. The Hall–Kier alpha value is -1.61. The zero-order valence-corrected chi connectivity index (χ0v) is 45.3. The first-order valence-corrected chi connectivity index (χ1v) is 28.6. The van der Waals surface area contributed by atoms with E-state index in [0.29, 0.717) is 44.5 Å². The van der Waals surface area contributed by atoms with Crippen molar-refractivity contribution in [2.45, 2.75) is 196 Å². The summed E-state index contributed by atoms with van der Waals surface area (Å²) < 4.78 is 29.3. The van der Waals surface area contributed by atoms with Crippen LogP contribution in [0.15, 0.2) is 23.3 Å². The molecule has 0 rings (SSSR count). The summed E-state index contributed by atoms with van der Waals surface area (Å²) in [5, 5.41) is 10.5. The molecule has 0 spiro atoms. The van der Waals surface area contributed by atoms with Crippen molar-refractivity contribution < 1.29 is 43.2 Å². The summed E-state index contributed by atoms with van der Waals surface area (Å²) in [5.74, 6) is 3.14. The number of rotatable bonds is 48. The Kier molecular flexibility index (Phi) is 53.1. The summed E-state index contributed by atoms with van der Waals surface area (Å²) in [6.45, 7) is 27.0. The topological polar surface area (TPSA) is 133 Å². The third kappa shape index (κ3) is 53.3. The minimum absolute atomic E-state index is 0.0400. The molecular weight excluding hydrogens is 873 g/mol. The summed E-state index contributed by atoms with van der Waals surface area (Å²) in [7, 11) is 3.79. The van der Waals surface area contributed by atoms with Crippen molar-refractivity contribution in [2.75, 3.05) is 90.5 Å². The van der Waals surface area contributed by atoms with Gasteiger partial charge in [0.25, 0.3) is 6.47 Å². The van der Waals surface area contributed by atoms with Crippen molar-refractivity contribution in [2.24, 2.45) is 11.8 Å². The highest BCUT2D eigenvalue weighted by Gasteiger charge is 2.11. The van der Waals surface area contributed by atoms with E-state index in [-0.39, 0.29) is 24.5 Å². The Labute approximate surface area is 413 Å². The van der Waals surface area contributed by atoms with Gasteiger partial charge in [0.05, 0.1) is 39.1 Å². The summed E-state index contributed by atoms with van der Waals surface area (Å²) in [5.41, 5.74) is 2.74. The van der Waals surface area contributed by atoms with Crippen LogP contribution < -0.4 is 5.32 Å². The van der Waals surface area contributed by atoms with Crippen LogP contribution in [-0.4, -0.2) is 125 Å². The van der Waals surface area contributed by atoms with Crippen LogP contribution in [0.1, 0.15) is 190 Å². The standard InChI is InChI=1S/C52H100N2O7S2.CH2O2/c1-9-54(10-2)35-40-57-41-43-63-62-42-34-53-44-50(59-37-23-19-15-13-17-21-31-52(56)61-39-33-49(8)29-25-27-47(5)6)45-58-36-22-18-14-11-12-16-20-30-51(55)60-38-32-48(7)28-24-26-46(3)4;2-1-3/h26-27,48-50,53H,9-25,28-45H2,1-8H3;1H,(H,2,3). The Balaban J connectivity index is 0. The molecule has 0 aliphatic carbocycles. The number of hydrogen-bond acceptors (Lipinski definition) is 12. The van der Waals surface area contributed by atoms with Gasteiger partial charge >= 0.3 is 11.9 Å². The highest BCUT2D eigenvalue weighted by molar-refractivity contribution is 8.76. The smallest absolute Gasteiger partial charge is 0.305 e. The molecule has 2 N–H and O–H groups in total. The zero-order chi connectivity index (χ0) is 49.1. The number of carbonyl (C=O) groups is 3. The molecule has 0 heterocycles. The average Bonchev–Trinajstić information content (AvgIpc) is 3.27. The number of likely N-dealkylation sites (N-methyl/N-ethyl adjacent to an activating group) is 1. The largest absolute Gasteiger partial charge is 0.483 e. The summed E-state index contributed by atoms with van der Waals surface area (Å²) >= 11 is 0. The van der Waals surface area contributed by atoms with Crippen molar-refractivity contribution in [3.05, 3.63) is 23.3 Å². The molecule has 0 saturated heterocycles. The second kappa shape index (κ2) is 52.8. The summed E-state index contributed by atoms with van der Waals surface area (Å²) in [6, 6.07) is 0. The lowest BCUT2D eigenvalue weighted by Gasteiger charge is -2.19. The van der Waals surface area contributed by atoms with Gasteiger partial charge < -0.3 is 39.0 Å². The van der Waals surface area contributed by atoms with Crippen LogP contribution in [0.25, 0.3) is 0 Å². The zero-order valence-electron chi connectivity index (χ0n) is 43.7. The van der Waals surface area contributed by atoms with Gasteiger partial charge in [0.1, 0.15) is 0 Å². The molecule has 0 bridgehead atoms. The van der Waals surface area contributed by atoms with Gasteiger partial charge in [-0.05, 0) is 117 Å². The van der Waals surface area contributed by atoms with Gasteiger partial charge in [0.15, 0.2) is 0 Å². The fraction of sp³-hybridized carbons (Fsp3) is 0.868. The SMILES string of the molecule is CCN(CC)CCOCCSSCCNCC(COCCCCCCCCCC(=O)OCCC(C)CCC=C(C)C)OCCCCCCCCC(=O)OCCC(C)CCC=C(C)C.O=CO. The Bertz CT molecular complexity index is 1130. The van der Waals surface area contributed by atoms with E-state index in [1.807, 2.05) is 21.6 Å². The second-order valence-corrected chi connectivity index (χ2v) is 20.9. The maximum absolute atomic E-state index is 12.2. The van der Waals surface area contributed by atoms with E-state index >= 15 is 0 Å². The van der Waals surface area contributed by atoms with E-state index in [1.54, 1.807) is 0 Å². The lowest BCUT2D eigenvalue weighted by Crippen LogP contribution is -2.34. The normalized spacial score (nSPS) is 12.5. The molecule has 0 saturated carbocycles. The fourth-order valence-electron chi connectivity index (χ4n) is 6.98. The van der Waals surface area contributed by atoms with Gasteiger partial charge in [-0.2, -0.15) is 0 Å². The number of unbranched alkanes of at least 4 members (excludes halogenated alkanes) is 11. The molecular formula is C53H102N2O9S2. The van der Waals surface area contributed by atoms with E-state index in [0.717, 1.165) is 161 Å². The van der Waals surface area contributed by atoms with Gasteiger partial charge in [-0.3, -0.25) is 14.4 Å². The molecule has 390 valence electrons. The molecule has 3 unspecified atom stereocenters. The van der Waals surface area contributed by atoms with Crippen molar-refractivity contribution in [3.8, 4) is 0 Å². The molecule has 11 nitrogen and oxygen atoms in total. The minimum atomic E-state index is -0.250. The van der Waals surface area contributed by atoms with Crippen molar-refractivity contribution >= 4 is 40.0 Å². The first-order valence-electron chi connectivity index (χ1n) is 26.1. The number of carboxylic acid groups (broad SMARTS) is 1. The highest BCUT2D eigenvalue weighted by atomic mass is 33.1. The predicted molar refractivity (Wildman–Crippen MR) is 282 cm³/mol. The quantitative estimate of drug-likeness (QED) is 0.0197. The molecule has 0 aliphatic heterocycles. The van der Waals surface area contributed by atoms with Crippen LogP contribution in [0.5, 0.6) is 0 Å². The van der Waals surface area contributed by atoms with E-state index in [1.165, 1.54) is 43.3 Å². The van der Waals surface area contributed by atoms with E-state index in [4.69, 9.17) is 33.6 Å². The van der Waals surface area contributed by atoms with Crippen molar-refractivity contribution in [1.29, 1.82) is 0 Å². The van der Waals surface area contributed by atoms with Gasteiger partial charge in [-0.15, -0.1) is 0 Å². The predicted octanol–water partition coefficient (Wildman–Crippen LogP) is 12.9. The Morgan fingerprint density at radius 2 is 1.08 bits per heavy atom. The third-order valence-electron chi connectivity index (χ3n) is 11.3. The second-order valence-electron chi connectivity index (χ2n) is 18.2. The van der Waals surface area contributed by atoms with Crippen molar-refractivity contribution in [1.82, 2.24) is 10.2 Å². The monoisotopic (exact) mass is 975 g/mol. The van der Waals surface area contributed by atoms with Crippen LogP contribution in [0.3, 0.4) is 0 Å². The fourth-order valence-corrected chi connectivity index (χ4v) is 8.79. The molecule has 0 aromatic carbocycles. The molecule has 0 aliphatic rings. The number of ether oxygens (including phenoxy) is 5. The molecule has 13 heteroatoms. The van der Waals surface area contributed by atoms with Crippen LogP contribution >= 0.6 is 21.6 Å². The first-order chi connectivity index (χ1) is 32.0. The molecule has 0 aromatic rings. The number of esters is 2. The first kappa shape index (κ1) is 66.5. The van der Waals surface area contributed by atoms with Crippen LogP contribution in [0.4, 0.5) is 0 Å². The van der Waals surface area contributed by atoms with E-state index in [2.05, 4.69) is 77.8 Å². The number of hydrogen-bond donors (Lipinski definition) is 2. The molecule has 3 atom stereocenters. The number of nitrogens with one attached hydrogen (secondary N) is 1. The third-order valence-corrected chi connectivity index (χ3v) is 13.7. The lowest BCUT2D eigenvalue weighted by molar-refractivity contribution is -0.145. The number of nitrogens with zero attached hydrogens (tertiary/aromatic N) is 1. The van der Waals surface area contributed by atoms with E-state index < -0.39 is 0 Å². The van der Waals surface area contributed by atoms with Gasteiger partial charge in [-0.1, -0.05) is 130 Å². The van der Waals surface area contributed by atoms with Crippen LogP contribution in [-0.2, 0) is 38.1 Å². The Morgan fingerprint density at radius 1 is 0.606 bits per heavy atom. The maximum atomic E-state index is 12.2. The Morgan fingerprint density at radius 3 is 1.58 bits per heavy atom. The van der Waals surface area contributed by atoms with Crippen molar-refractivity contribution in [3.63, 3.8) is 0 Å². The number of carbonyl (C=O) groups excluding carboxylic acids is 2. The van der Waals surface area contributed by atoms with E-state index in [9.17, 15) is 9.59 Å². The molecule has 0 fully saturated rings. The highest BCUT2D eigenvalue weighted by Crippen LogP contribution is 2.20. The number of allylic oxidation sites excluding steroid dienone is 4. The summed E-state index contributed by atoms with van der Waals surface area (Å²) in [6.07, 6.45) is 26.4. The van der Waals surface area contributed by atoms with Gasteiger partial charge in [0, 0.05) is 57.2 Å². The van der Waals surface area contributed by atoms with Gasteiger partial charge in [-0.25, -0.2) is 0 Å². The molecule has 66 heavy (non-hydrogen) atoms. The molecule has 0 radical (unpaired) electrons. The van der Waals surface area contributed by atoms with Gasteiger partial charge in [0.2, 0.25) is 0 Å². The minimum Gasteiger partial charge on any atom is -0.483 e. The lowest BCUT2D eigenvalue weighted by atomic mass is 10.0. The van der Waals surface area contributed by atoms with Crippen LogP contribution in [0.2, 0.25) is 0 Å². The van der Waals surface area contributed by atoms with Crippen LogP contribution in [0, 0.1) is 11.8 Å². The maximum Gasteiger partial charge on any atom is 0.305 e. The molecule has 0 aromatic heterocycles. The average molecular weight is 976 g/mol. The summed E-state index contributed by atoms with van der Waals surface area (Å²) in [4.78, 5) is 35.0.